The van der Waals surface area contributed by atoms with Gasteiger partial charge in [-0.1, -0.05) is 6.42 Å². The van der Waals surface area contributed by atoms with E-state index < -0.39 is 0 Å². The molecule has 8 nitrogen and oxygen atoms in total. The number of H-pyrrole nitrogens is 1. The summed E-state index contributed by atoms with van der Waals surface area (Å²) in [6, 6.07) is 2.28. The lowest BCUT2D eigenvalue weighted by Crippen LogP contribution is -2.34. The van der Waals surface area contributed by atoms with E-state index in [1.165, 1.54) is 12.8 Å². The zero-order valence-corrected chi connectivity index (χ0v) is 14.8. The molecular formula is C18H22N8. The molecule has 4 rings (SSSR count). The highest BCUT2D eigenvalue weighted by molar-refractivity contribution is 5.50. The summed E-state index contributed by atoms with van der Waals surface area (Å²) in [4.78, 5) is 27.6. The van der Waals surface area contributed by atoms with Crippen molar-refractivity contribution >= 4 is 11.6 Å². The normalized spacial score (nSPS) is 18.0. The van der Waals surface area contributed by atoms with Gasteiger partial charge in [-0.05, 0) is 26.3 Å². The van der Waals surface area contributed by atoms with E-state index in [2.05, 4.69) is 35.1 Å². The molecule has 0 bridgehead atoms. The maximum Gasteiger partial charge on any atom is 0.150 e. The third-order valence-electron chi connectivity index (χ3n) is 4.54. The highest BCUT2D eigenvalue weighted by atomic mass is 15.2. The van der Waals surface area contributed by atoms with Crippen LogP contribution in [0.2, 0.25) is 0 Å². The molecule has 1 atom stereocenters. The molecule has 0 aliphatic carbocycles. The number of hydrogen-bond acceptors (Lipinski definition) is 7. The van der Waals surface area contributed by atoms with Gasteiger partial charge >= 0.3 is 0 Å². The smallest absolute Gasteiger partial charge is 0.150 e. The van der Waals surface area contributed by atoms with Gasteiger partial charge < -0.3 is 10.3 Å². The first kappa shape index (κ1) is 16.6. The molecule has 1 unspecified atom stereocenters. The van der Waals surface area contributed by atoms with Crippen molar-refractivity contribution in [2.45, 2.75) is 38.8 Å². The number of likely N-dealkylation sites (tertiary alicyclic amines) is 1. The van der Waals surface area contributed by atoms with Crippen LogP contribution in [0.3, 0.4) is 0 Å². The van der Waals surface area contributed by atoms with Gasteiger partial charge in [0.25, 0.3) is 0 Å². The van der Waals surface area contributed by atoms with Crippen molar-refractivity contribution in [3.63, 3.8) is 0 Å². The molecule has 0 aromatic carbocycles. The Kier molecular flexibility index (Phi) is 4.83. The fraction of sp³-hybridized carbons (Fsp3) is 0.389. The van der Waals surface area contributed by atoms with Crippen LogP contribution in [0.25, 0.3) is 0 Å². The molecule has 1 aliphatic rings. The summed E-state index contributed by atoms with van der Waals surface area (Å²) < 4.78 is 0. The molecule has 1 fully saturated rings. The van der Waals surface area contributed by atoms with E-state index in [1.54, 1.807) is 24.8 Å². The number of anilines is 2. The second kappa shape index (κ2) is 7.57. The van der Waals surface area contributed by atoms with E-state index in [0.29, 0.717) is 5.82 Å². The molecule has 0 amide bonds. The first-order valence-corrected chi connectivity index (χ1v) is 8.89. The van der Waals surface area contributed by atoms with Gasteiger partial charge in [-0.15, -0.1) is 0 Å². The largest absolute Gasteiger partial charge is 0.348 e. The summed E-state index contributed by atoms with van der Waals surface area (Å²) in [6.07, 6.45) is 12.1. The average molecular weight is 350 g/mol. The van der Waals surface area contributed by atoms with Crippen molar-refractivity contribution in [1.82, 2.24) is 34.8 Å². The van der Waals surface area contributed by atoms with Crippen molar-refractivity contribution in [3.05, 3.63) is 54.4 Å². The Morgan fingerprint density at radius 3 is 2.92 bits per heavy atom. The number of rotatable bonds is 5. The lowest BCUT2D eigenvalue weighted by atomic mass is 9.99. The van der Waals surface area contributed by atoms with Crippen molar-refractivity contribution in [2.24, 2.45) is 0 Å². The monoisotopic (exact) mass is 350 g/mol. The van der Waals surface area contributed by atoms with Crippen molar-refractivity contribution in [1.29, 1.82) is 0 Å². The highest BCUT2D eigenvalue weighted by Crippen LogP contribution is 2.31. The number of piperidine rings is 1. The minimum absolute atomic E-state index is 0.262. The Morgan fingerprint density at radius 2 is 2.12 bits per heavy atom. The first-order chi connectivity index (χ1) is 12.8. The minimum atomic E-state index is 0.262. The topological polar surface area (TPSA) is 95.5 Å². The summed E-state index contributed by atoms with van der Waals surface area (Å²) in [5.74, 6) is 3.15. The Morgan fingerprint density at radius 1 is 1.15 bits per heavy atom. The Balaban J connectivity index is 1.58. The maximum atomic E-state index is 4.72. The maximum absolute atomic E-state index is 4.72. The number of aryl methyl sites for hydroxylation is 1. The van der Waals surface area contributed by atoms with Crippen molar-refractivity contribution in [2.75, 3.05) is 11.9 Å². The van der Waals surface area contributed by atoms with Crippen LogP contribution < -0.4 is 5.32 Å². The van der Waals surface area contributed by atoms with Crippen LogP contribution in [0, 0.1) is 6.92 Å². The lowest BCUT2D eigenvalue weighted by molar-refractivity contribution is 0.134. The molecule has 0 radical (unpaired) electrons. The molecule has 0 spiro atoms. The van der Waals surface area contributed by atoms with Crippen LogP contribution in [-0.4, -0.2) is 41.3 Å². The zero-order chi connectivity index (χ0) is 17.8. The molecule has 3 aromatic rings. The third-order valence-corrected chi connectivity index (χ3v) is 4.54. The molecule has 26 heavy (non-hydrogen) atoms. The van der Waals surface area contributed by atoms with Crippen LogP contribution in [0.5, 0.6) is 0 Å². The Labute approximate surface area is 152 Å². The quantitative estimate of drug-likeness (QED) is 0.730. The molecule has 8 heteroatoms. The number of aromatic nitrogens is 6. The van der Waals surface area contributed by atoms with E-state index >= 15 is 0 Å². The first-order valence-electron chi connectivity index (χ1n) is 8.89. The second-order valence-corrected chi connectivity index (χ2v) is 6.46. The molecule has 0 saturated carbocycles. The van der Waals surface area contributed by atoms with Gasteiger partial charge in [0, 0.05) is 30.9 Å². The third kappa shape index (κ3) is 3.85. The summed E-state index contributed by atoms with van der Waals surface area (Å²) in [5, 5.41) is 3.22. The molecule has 4 heterocycles. The van der Waals surface area contributed by atoms with Gasteiger partial charge in [0.2, 0.25) is 0 Å². The van der Waals surface area contributed by atoms with Crippen LogP contribution in [0.15, 0.2) is 37.1 Å². The lowest BCUT2D eigenvalue weighted by Gasteiger charge is -2.34. The van der Waals surface area contributed by atoms with Crippen LogP contribution in [0.1, 0.15) is 42.6 Å². The number of nitrogens with one attached hydrogen (secondary N) is 2. The minimum Gasteiger partial charge on any atom is -0.348 e. The van der Waals surface area contributed by atoms with Gasteiger partial charge in [0.1, 0.15) is 23.3 Å². The number of nitrogens with zero attached hydrogens (tertiary/aromatic N) is 6. The van der Waals surface area contributed by atoms with E-state index in [-0.39, 0.29) is 6.04 Å². The molecular weight excluding hydrogens is 328 g/mol. The van der Waals surface area contributed by atoms with Crippen LogP contribution >= 0.6 is 0 Å². The summed E-state index contributed by atoms with van der Waals surface area (Å²) in [5.41, 5.74) is 1.04. The van der Waals surface area contributed by atoms with Gasteiger partial charge in [0.15, 0.2) is 0 Å². The molecule has 134 valence electrons. The predicted molar refractivity (Wildman–Crippen MR) is 97.7 cm³/mol. The van der Waals surface area contributed by atoms with Gasteiger partial charge in [-0.25, -0.2) is 19.9 Å². The summed E-state index contributed by atoms with van der Waals surface area (Å²) in [6.45, 7) is 3.76. The second-order valence-electron chi connectivity index (χ2n) is 6.46. The molecule has 1 aliphatic heterocycles. The van der Waals surface area contributed by atoms with E-state index in [9.17, 15) is 0 Å². The van der Waals surface area contributed by atoms with E-state index in [0.717, 1.165) is 42.7 Å². The zero-order valence-electron chi connectivity index (χ0n) is 14.8. The highest BCUT2D eigenvalue weighted by Gasteiger charge is 2.26. The number of imidazole rings is 1. The van der Waals surface area contributed by atoms with Crippen molar-refractivity contribution < 1.29 is 0 Å². The Hall–Kier alpha value is -2.87. The fourth-order valence-electron chi connectivity index (χ4n) is 3.41. The van der Waals surface area contributed by atoms with Crippen molar-refractivity contribution in [3.8, 4) is 0 Å². The Bertz CT molecular complexity index is 834. The van der Waals surface area contributed by atoms with E-state index in [1.807, 2.05) is 19.2 Å². The van der Waals surface area contributed by atoms with E-state index in [4.69, 9.17) is 4.98 Å². The molecule has 3 aromatic heterocycles. The molecule has 2 N–H and O–H groups in total. The SMILES string of the molecule is Cc1nc(Nc2cnccn2)cc(C2CCCCN2Cc2ncc[nH]2)n1. The van der Waals surface area contributed by atoms with Crippen LogP contribution in [-0.2, 0) is 6.54 Å². The molecule has 1 saturated heterocycles. The van der Waals surface area contributed by atoms with Gasteiger partial charge in [-0.3, -0.25) is 9.88 Å². The average Bonchev–Trinajstić information content (AvgIpc) is 3.16. The predicted octanol–water partition coefficient (Wildman–Crippen LogP) is 2.77. The van der Waals surface area contributed by atoms with Gasteiger partial charge in [-0.2, -0.15) is 0 Å². The number of hydrogen-bond donors (Lipinski definition) is 2. The number of aromatic amines is 1. The fourth-order valence-corrected chi connectivity index (χ4v) is 3.41. The standard InChI is InChI=1S/C18H22N8/c1-13-23-14(10-16(24-13)25-17-11-19-5-6-20-17)15-4-2-3-9-26(15)12-18-21-7-8-22-18/h5-8,10-11,15H,2-4,9,12H2,1H3,(H,21,22)(H,20,23,24,25). The van der Waals surface area contributed by atoms with Crippen LogP contribution in [0.4, 0.5) is 11.6 Å². The van der Waals surface area contributed by atoms with Gasteiger partial charge in [0.05, 0.1) is 24.5 Å². The summed E-state index contributed by atoms with van der Waals surface area (Å²) >= 11 is 0. The summed E-state index contributed by atoms with van der Waals surface area (Å²) in [7, 11) is 0.